The molecule has 0 aliphatic heterocycles. The molecule has 2 aromatic carbocycles. The standard InChI is InChI=1S/C14H10ClN3O/c15-11-6-5-9(8-16)7-13(11)18-14(19)10-3-1-2-4-12(10)17/h1-7H,17H2,(H,18,19). The van der Waals surface area contributed by atoms with Gasteiger partial charge in [-0.25, -0.2) is 0 Å². The van der Waals surface area contributed by atoms with Crippen LogP contribution >= 0.6 is 11.6 Å². The fourth-order valence-corrected chi connectivity index (χ4v) is 1.75. The molecule has 0 spiro atoms. The first-order chi connectivity index (χ1) is 9.11. The van der Waals surface area contributed by atoms with Gasteiger partial charge in [-0.15, -0.1) is 0 Å². The first kappa shape index (κ1) is 12.9. The molecule has 0 aromatic heterocycles. The van der Waals surface area contributed by atoms with Crippen LogP contribution in [0.5, 0.6) is 0 Å². The molecule has 0 heterocycles. The molecule has 0 unspecified atom stereocenters. The van der Waals surface area contributed by atoms with Gasteiger partial charge in [0.15, 0.2) is 0 Å². The van der Waals surface area contributed by atoms with Crippen LogP contribution in [0, 0.1) is 11.3 Å². The Bertz CT molecular complexity index is 677. The van der Waals surface area contributed by atoms with Crippen LogP contribution < -0.4 is 11.1 Å². The van der Waals surface area contributed by atoms with Crippen LogP contribution in [0.2, 0.25) is 5.02 Å². The summed E-state index contributed by atoms with van der Waals surface area (Å²) < 4.78 is 0. The zero-order chi connectivity index (χ0) is 13.8. The molecular formula is C14H10ClN3O. The van der Waals surface area contributed by atoms with Gasteiger partial charge in [-0.2, -0.15) is 5.26 Å². The Labute approximate surface area is 115 Å². The molecule has 0 bridgehead atoms. The molecule has 0 atom stereocenters. The van der Waals surface area contributed by atoms with E-state index in [2.05, 4.69) is 5.32 Å². The lowest BCUT2D eigenvalue weighted by Gasteiger charge is -2.09. The molecule has 1 amide bonds. The molecule has 0 aliphatic rings. The summed E-state index contributed by atoms with van der Waals surface area (Å²) in [6.07, 6.45) is 0. The van der Waals surface area contributed by atoms with E-state index in [1.807, 2.05) is 6.07 Å². The summed E-state index contributed by atoms with van der Waals surface area (Å²) in [5.74, 6) is -0.366. The lowest BCUT2D eigenvalue weighted by Crippen LogP contribution is -2.14. The number of halogens is 1. The Morgan fingerprint density at radius 1 is 1.26 bits per heavy atom. The second kappa shape index (κ2) is 5.42. The lowest BCUT2D eigenvalue weighted by molar-refractivity contribution is 0.102. The van der Waals surface area contributed by atoms with Crippen LogP contribution in [0.1, 0.15) is 15.9 Å². The van der Waals surface area contributed by atoms with Crippen molar-refractivity contribution in [2.45, 2.75) is 0 Å². The molecule has 2 rings (SSSR count). The van der Waals surface area contributed by atoms with Gasteiger partial charge < -0.3 is 11.1 Å². The number of nitriles is 1. The smallest absolute Gasteiger partial charge is 0.257 e. The molecule has 19 heavy (non-hydrogen) atoms. The Kier molecular flexibility index (Phi) is 3.69. The Morgan fingerprint density at radius 3 is 2.68 bits per heavy atom. The number of carbonyl (C=O) groups excluding carboxylic acids is 1. The second-order valence-corrected chi connectivity index (χ2v) is 4.26. The maximum Gasteiger partial charge on any atom is 0.257 e. The number of anilines is 2. The Hall–Kier alpha value is -2.51. The highest BCUT2D eigenvalue weighted by molar-refractivity contribution is 6.34. The van der Waals surface area contributed by atoms with Crippen LogP contribution in [-0.4, -0.2) is 5.91 Å². The van der Waals surface area contributed by atoms with Gasteiger partial charge in [0.05, 0.1) is 27.9 Å². The fraction of sp³-hybridized carbons (Fsp3) is 0. The van der Waals surface area contributed by atoms with Gasteiger partial charge in [0.1, 0.15) is 0 Å². The number of para-hydroxylation sites is 1. The number of nitrogens with two attached hydrogens (primary N) is 1. The van der Waals surface area contributed by atoms with Gasteiger partial charge in [0.25, 0.3) is 5.91 Å². The number of carbonyl (C=O) groups is 1. The zero-order valence-corrected chi connectivity index (χ0v) is 10.6. The van der Waals surface area contributed by atoms with Gasteiger partial charge in [0, 0.05) is 5.69 Å². The molecule has 0 saturated carbocycles. The van der Waals surface area contributed by atoms with Crippen molar-refractivity contribution in [2.75, 3.05) is 11.1 Å². The Morgan fingerprint density at radius 2 is 2.00 bits per heavy atom. The minimum atomic E-state index is -0.366. The van der Waals surface area contributed by atoms with Crippen molar-refractivity contribution < 1.29 is 4.79 Å². The van der Waals surface area contributed by atoms with E-state index in [0.29, 0.717) is 27.5 Å². The molecular weight excluding hydrogens is 262 g/mol. The highest BCUT2D eigenvalue weighted by Crippen LogP contribution is 2.24. The second-order valence-electron chi connectivity index (χ2n) is 3.85. The summed E-state index contributed by atoms with van der Waals surface area (Å²) in [4.78, 5) is 12.1. The first-order valence-corrected chi connectivity index (χ1v) is 5.85. The predicted molar refractivity (Wildman–Crippen MR) is 75.0 cm³/mol. The van der Waals surface area contributed by atoms with Gasteiger partial charge in [-0.3, -0.25) is 4.79 Å². The highest BCUT2D eigenvalue weighted by atomic mass is 35.5. The summed E-state index contributed by atoms with van der Waals surface area (Å²) >= 11 is 5.97. The summed E-state index contributed by atoms with van der Waals surface area (Å²) in [5, 5.41) is 11.8. The number of nitrogen functional groups attached to an aromatic ring is 1. The summed E-state index contributed by atoms with van der Waals surface area (Å²) in [6.45, 7) is 0. The lowest BCUT2D eigenvalue weighted by atomic mass is 10.1. The molecule has 0 saturated heterocycles. The van der Waals surface area contributed by atoms with Crippen molar-refractivity contribution in [3.05, 3.63) is 58.6 Å². The summed E-state index contributed by atoms with van der Waals surface area (Å²) in [6, 6.07) is 13.4. The third-order valence-corrected chi connectivity index (χ3v) is 2.88. The predicted octanol–water partition coefficient (Wildman–Crippen LogP) is 3.05. The molecule has 94 valence electrons. The average Bonchev–Trinajstić information content (AvgIpc) is 2.41. The molecule has 5 heteroatoms. The first-order valence-electron chi connectivity index (χ1n) is 5.47. The van der Waals surface area contributed by atoms with E-state index < -0.39 is 0 Å². The van der Waals surface area contributed by atoms with E-state index in [9.17, 15) is 4.79 Å². The van der Waals surface area contributed by atoms with Crippen LogP contribution in [0.3, 0.4) is 0 Å². The van der Waals surface area contributed by atoms with Gasteiger partial charge in [-0.05, 0) is 30.3 Å². The van der Waals surface area contributed by atoms with E-state index in [4.69, 9.17) is 22.6 Å². The topological polar surface area (TPSA) is 78.9 Å². The van der Waals surface area contributed by atoms with Gasteiger partial charge in [0.2, 0.25) is 0 Å². The molecule has 2 aromatic rings. The third-order valence-electron chi connectivity index (χ3n) is 2.55. The number of hydrogen-bond donors (Lipinski definition) is 2. The molecule has 3 N–H and O–H groups in total. The van der Waals surface area contributed by atoms with Crippen LogP contribution in [-0.2, 0) is 0 Å². The Balaban J connectivity index is 2.30. The van der Waals surface area contributed by atoms with Crippen molar-refractivity contribution in [1.82, 2.24) is 0 Å². The van der Waals surface area contributed by atoms with Gasteiger partial charge in [-0.1, -0.05) is 23.7 Å². The highest BCUT2D eigenvalue weighted by Gasteiger charge is 2.11. The van der Waals surface area contributed by atoms with Crippen molar-refractivity contribution in [3.63, 3.8) is 0 Å². The van der Waals surface area contributed by atoms with E-state index >= 15 is 0 Å². The summed E-state index contributed by atoms with van der Waals surface area (Å²) in [7, 11) is 0. The number of amides is 1. The molecule has 4 nitrogen and oxygen atoms in total. The number of nitrogens with zero attached hydrogens (tertiary/aromatic N) is 1. The third kappa shape index (κ3) is 2.84. The quantitative estimate of drug-likeness (QED) is 0.824. The minimum absolute atomic E-state index is 0.362. The monoisotopic (exact) mass is 271 g/mol. The number of nitrogens with one attached hydrogen (secondary N) is 1. The minimum Gasteiger partial charge on any atom is -0.398 e. The van der Waals surface area contributed by atoms with Crippen LogP contribution in [0.15, 0.2) is 42.5 Å². The number of rotatable bonds is 2. The molecule has 0 aliphatic carbocycles. The maximum atomic E-state index is 12.1. The van der Waals surface area contributed by atoms with E-state index in [-0.39, 0.29) is 5.91 Å². The van der Waals surface area contributed by atoms with Crippen molar-refractivity contribution >= 4 is 28.9 Å². The van der Waals surface area contributed by atoms with Crippen molar-refractivity contribution in [3.8, 4) is 6.07 Å². The molecule has 0 fully saturated rings. The van der Waals surface area contributed by atoms with Crippen LogP contribution in [0.4, 0.5) is 11.4 Å². The van der Waals surface area contributed by atoms with E-state index in [1.165, 1.54) is 6.07 Å². The zero-order valence-electron chi connectivity index (χ0n) is 9.85. The van der Waals surface area contributed by atoms with E-state index in [0.717, 1.165) is 0 Å². The van der Waals surface area contributed by atoms with E-state index in [1.54, 1.807) is 36.4 Å². The SMILES string of the molecule is N#Cc1ccc(Cl)c(NC(=O)c2ccccc2N)c1. The summed E-state index contributed by atoms with van der Waals surface area (Å²) in [5.41, 5.74) is 7.27. The fourth-order valence-electron chi connectivity index (χ4n) is 1.58. The normalized spacial score (nSPS) is 9.68. The van der Waals surface area contributed by atoms with Crippen molar-refractivity contribution in [2.24, 2.45) is 0 Å². The van der Waals surface area contributed by atoms with Crippen molar-refractivity contribution in [1.29, 1.82) is 5.26 Å². The molecule has 0 radical (unpaired) electrons. The maximum absolute atomic E-state index is 12.1. The van der Waals surface area contributed by atoms with Gasteiger partial charge >= 0.3 is 0 Å². The number of benzene rings is 2. The van der Waals surface area contributed by atoms with Crippen LogP contribution in [0.25, 0.3) is 0 Å². The average molecular weight is 272 g/mol. The number of hydrogen-bond acceptors (Lipinski definition) is 3. The largest absolute Gasteiger partial charge is 0.398 e.